The van der Waals surface area contributed by atoms with E-state index in [4.69, 9.17) is 9.47 Å². The van der Waals surface area contributed by atoms with Gasteiger partial charge in [0, 0.05) is 39.2 Å². The second kappa shape index (κ2) is 8.74. The van der Waals surface area contributed by atoms with Crippen molar-refractivity contribution in [3.63, 3.8) is 0 Å². The molecule has 0 bridgehead atoms. The highest BCUT2D eigenvalue weighted by atomic mass is 35.5. The summed E-state index contributed by atoms with van der Waals surface area (Å²) < 4.78 is 11.0. The predicted molar refractivity (Wildman–Crippen MR) is 75.7 cm³/mol. The smallest absolute Gasteiger partial charge is 0.224 e. The van der Waals surface area contributed by atoms with Crippen LogP contribution in [-0.4, -0.2) is 62.9 Å². The summed E-state index contributed by atoms with van der Waals surface area (Å²) in [6.45, 7) is 3.78. The van der Waals surface area contributed by atoms with Crippen LogP contribution in [0, 0.1) is 0 Å². The number of carbonyl (C=O) groups excluding carboxylic acids is 1. The molecule has 0 aromatic heterocycles. The van der Waals surface area contributed by atoms with Crippen LogP contribution in [0.15, 0.2) is 0 Å². The van der Waals surface area contributed by atoms with E-state index in [0.29, 0.717) is 19.6 Å². The van der Waals surface area contributed by atoms with Crippen molar-refractivity contribution < 1.29 is 14.3 Å². The Balaban J connectivity index is 0.00000180. The Hall–Kier alpha value is -0.360. The molecule has 2 saturated heterocycles. The topological polar surface area (TPSA) is 50.8 Å². The third-order valence-electron chi connectivity index (χ3n) is 3.60. The monoisotopic (exact) mass is 292 g/mol. The fraction of sp³-hybridized carbons (Fsp3) is 0.923. The molecule has 2 heterocycles. The number of morpholine rings is 1. The largest absolute Gasteiger partial charge is 0.378 e. The first-order chi connectivity index (χ1) is 8.75. The molecule has 0 spiro atoms. The van der Waals surface area contributed by atoms with Crippen molar-refractivity contribution in [1.29, 1.82) is 0 Å². The molecule has 2 aliphatic heterocycles. The molecule has 0 radical (unpaired) electrons. The maximum atomic E-state index is 12.1. The number of ether oxygens (including phenoxy) is 2. The molecule has 0 aromatic rings. The standard InChI is InChI=1S/C13H24N2O3.ClH/c1-15(9-12-4-2-3-6-18-12)13(16)8-11-10-17-7-5-14-11;/h11-12,14H,2-10H2,1H3;1H. The van der Waals surface area contributed by atoms with Crippen molar-refractivity contribution in [2.75, 3.05) is 40.0 Å². The van der Waals surface area contributed by atoms with E-state index in [1.54, 1.807) is 4.90 Å². The average molecular weight is 293 g/mol. The van der Waals surface area contributed by atoms with Crippen LogP contribution < -0.4 is 5.32 Å². The van der Waals surface area contributed by atoms with Crippen LogP contribution >= 0.6 is 12.4 Å². The van der Waals surface area contributed by atoms with Crippen LogP contribution in [-0.2, 0) is 14.3 Å². The lowest BCUT2D eigenvalue weighted by Crippen LogP contribution is -2.45. The molecule has 2 fully saturated rings. The van der Waals surface area contributed by atoms with Crippen LogP contribution in [0.1, 0.15) is 25.7 Å². The summed E-state index contributed by atoms with van der Waals surface area (Å²) >= 11 is 0. The summed E-state index contributed by atoms with van der Waals surface area (Å²) in [4.78, 5) is 13.9. The highest BCUT2D eigenvalue weighted by Crippen LogP contribution is 2.14. The van der Waals surface area contributed by atoms with Crippen LogP contribution in [0.5, 0.6) is 0 Å². The molecule has 2 atom stereocenters. The minimum atomic E-state index is 0. The summed E-state index contributed by atoms with van der Waals surface area (Å²) in [6, 6.07) is 0.168. The van der Waals surface area contributed by atoms with E-state index in [1.165, 1.54) is 6.42 Å². The minimum Gasteiger partial charge on any atom is -0.378 e. The molecule has 5 nitrogen and oxygen atoms in total. The van der Waals surface area contributed by atoms with E-state index in [9.17, 15) is 4.79 Å². The van der Waals surface area contributed by atoms with Gasteiger partial charge in [0.1, 0.15) is 0 Å². The Morgan fingerprint density at radius 3 is 2.84 bits per heavy atom. The van der Waals surface area contributed by atoms with Gasteiger partial charge in [0.25, 0.3) is 0 Å². The first kappa shape index (κ1) is 16.7. The average Bonchev–Trinajstić information content (AvgIpc) is 2.41. The molecular weight excluding hydrogens is 268 g/mol. The lowest BCUT2D eigenvalue weighted by atomic mass is 10.1. The number of rotatable bonds is 4. The van der Waals surface area contributed by atoms with Gasteiger partial charge >= 0.3 is 0 Å². The number of hydrogen-bond donors (Lipinski definition) is 1. The van der Waals surface area contributed by atoms with Gasteiger partial charge in [0.15, 0.2) is 0 Å². The minimum absolute atomic E-state index is 0. The summed E-state index contributed by atoms with van der Waals surface area (Å²) in [5.74, 6) is 0.173. The number of hydrogen-bond acceptors (Lipinski definition) is 4. The first-order valence-electron chi connectivity index (χ1n) is 6.92. The molecular formula is C13H25ClN2O3. The second-order valence-corrected chi connectivity index (χ2v) is 5.19. The molecule has 0 aromatic carbocycles. The van der Waals surface area contributed by atoms with Crippen molar-refractivity contribution in [2.45, 2.75) is 37.8 Å². The molecule has 6 heteroatoms. The van der Waals surface area contributed by atoms with Gasteiger partial charge in [-0.15, -0.1) is 12.4 Å². The van der Waals surface area contributed by atoms with E-state index in [2.05, 4.69) is 5.32 Å². The molecule has 19 heavy (non-hydrogen) atoms. The SMILES string of the molecule is CN(CC1CCCCO1)C(=O)CC1COCCN1.Cl. The quantitative estimate of drug-likeness (QED) is 0.833. The van der Waals surface area contributed by atoms with Crippen molar-refractivity contribution in [2.24, 2.45) is 0 Å². The normalized spacial score (nSPS) is 27.4. The second-order valence-electron chi connectivity index (χ2n) is 5.19. The Kier molecular flexibility index (Phi) is 7.68. The van der Waals surface area contributed by atoms with Gasteiger partial charge in [-0.3, -0.25) is 4.79 Å². The van der Waals surface area contributed by atoms with Gasteiger partial charge in [-0.2, -0.15) is 0 Å². The number of likely N-dealkylation sites (N-methyl/N-ethyl adjacent to an activating group) is 1. The Labute approximate surface area is 121 Å². The number of carbonyl (C=O) groups is 1. The van der Waals surface area contributed by atoms with E-state index in [1.807, 2.05) is 7.05 Å². The lowest BCUT2D eigenvalue weighted by molar-refractivity contribution is -0.133. The van der Waals surface area contributed by atoms with E-state index in [-0.39, 0.29) is 30.5 Å². The number of amides is 1. The first-order valence-corrected chi connectivity index (χ1v) is 6.92. The number of nitrogens with one attached hydrogen (secondary N) is 1. The maximum Gasteiger partial charge on any atom is 0.224 e. The molecule has 2 rings (SSSR count). The Bertz CT molecular complexity index is 267. The molecule has 0 aliphatic carbocycles. The number of nitrogens with zero attached hydrogens (tertiary/aromatic N) is 1. The predicted octanol–water partition coefficient (Wildman–Crippen LogP) is 0.814. The number of halogens is 1. The summed E-state index contributed by atoms with van der Waals surface area (Å²) in [7, 11) is 1.87. The molecule has 2 aliphatic rings. The zero-order chi connectivity index (χ0) is 12.8. The third-order valence-corrected chi connectivity index (χ3v) is 3.60. The van der Waals surface area contributed by atoms with Gasteiger partial charge in [-0.1, -0.05) is 0 Å². The van der Waals surface area contributed by atoms with Gasteiger partial charge in [-0.05, 0) is 19.3 Å². The molecule has 2 unspecified atom stereocenters. The Morgan fingerprint density at radius 2 is 2.21 bits per heavy atom. The van der Waals surface area contributed by atoms with Crippen LogP contribution in [0.4, 0.5) is 0 Å². The third kappa shape index (κ3) is 5.65. The zero-order valence-electron chi connectivity index (χ0n) is 11.6. The lowest BCUT2D eigenvalue weighted by Gasteiger charge is -2.29. The summed E-state index contributed by atoms with van der Waals surface area (Å²) in [5, 5.41) is 3.30. The fourth-order valence-electron chi connectivity index (χ4n) is 2.48. The van der Waals surface area contributed by atoms with Gasteiger partial charge in [0.05, 0.1) is 19.3 Å². The van der Waals surface area contributed by atoms with Crippen LogP contribution in [0.3, 0.4) is 0 Å². The van der Waals surface area contributed by atoms with E-state index in [0.717, 1.165) is 32.6 Å². The maximum absolute atomic E-state index is 12.1. The zero-order valence-corrected chi connectivity index (χ0v) is 12.4. The molecule has 1 amide bonds. The highest BCUT2D eigenvalue weighted by Gasteiger charge is 2.22. The van der Waals surface area contributed by atoms with Crippen LogP contribution in [0.2, 0.25) is 0 Å². The van der Waals surface area contributed by atoms with Crippen molar-refractivity contribution >= 4 is 18.3 Å². The summed E-state index contributed by atoms with van der Waals surface area (Å²) in [6.07, 6.45) is 4.18. The van der Waals surface area contributed by atoms with Gasteiger partial charge in [0.2, 0.25) is 5.91 Å². The molecule has 112 valence electrons. The highest BCUT2D eigenvalue weighted by molar-refractivity contribution is 5.85. The van der Waals surface area contributed by atoms with Crippen molar-refractivity contribution in [3.05, 3.63) is 0 Å². The van der Waals surface area contributed by atoms with Crippen molar-refractivity contribution in [1.82, 2.24) is 10.2 Å². The fourth-order valence-corrected chi connectivity index (χ4v) is 2.48. The van der Waals surface area contributed by atoms with Crippen LogP contribution in [0.25, 0.3) is 0 Å². The van der Waals surface area contributed by atoms with Crippen molar-refractivity contribution in [3.8, 4) is 0 Å². The van der Waals surface area contributed by atoms with E-state index >= 15 is 0 Å². The van der Waals surface area contributed by atoms with E-state index < -0.39 is 0 Å². The Morgan fingerprint density at radius 1 is 1.37 bits per heavy atom. The molecule has 1 N–H and O–H groups in total. The summed E-state index contributed by atoms with van der Waals surface area (Å²) in [5.41, 5.74) is 0. The van der Waals surface area contributed by atoms with Gasteiger partial charge in [-0.25, -0.2) is 0 Å². The van der Waals surface area contributed by atoms with Gasteiger partial charge < -0.3 is 19.7 Å². The molecule has 0 saturated carbocycles.